The van der Waals surface area contributed by atoms with Gasteiger partial charge >= 0.3 is 0 Å². The molecule has 3 saturated heterocycles. The van der Waals surface area contributed by atoms with Crippen LogP contribution in [0.1, 0.15) is 171 Å². The first kappa shape index (κ1) is 53.4. The molecule has 6 aliphatic heterocycles. The second-order valence-corrected chi connectivity index (χ2v) is 22.6. The molecule has 9 heterocycles. The predicted octanol–water partition coefficient (Wildman–Crippen LogP) is 9.60. The molecule has 0 spiro atoms. The van der Waals surface area contributed by atoms with Crippen LogP contribution in [0.2, 0.25) is 0 Å². The highest BCUT2D eigenvalue weighted by atomic mass is 32.1. The Kier molecular flexibility index (Phi) is 17.4. The number of fused-ring (bicyclic) bond motifs is 9. The van der Waals surface area contributed by atoms with E-state index in [4.69, 9.17) is 9.97 Å². The van der Waals surface area contributed by atoms with Crippen molar-refractivity contribution in [2.75, 3.05) is 51.6 Å². The fourth-order valence-corrected chi connectivity index (χ4v) is 13.0. The van der Waals surface area contributed by atoms with Crippen LogP contribution < -0.4 is 16.2 Å². The van der Waals surface area contributed by atoms with Crippen LogP contribution in [0.15, 0.2) is 52.7 Å². The second-order valence-electron chi connectivity index (χ2n) is 21.6. The minimum atomic E-state index is -2.93. The molecular weight excluding hydrogens is 961 g/mol. The summed E-state index contributed by atoms with van der Waals surface area (Å²) in [4.78, 5) is 83.7. The van der Waals surface area contributed by atoms with Crippen molar-refractivity contribution < 1.29 is 28.0 Å². The number of piperidine rings is 3. The van der Waals surface area contributed by atoms with Crippen molar-refractivity contribution in [3.63, 3.8) is 0 Å². The molecule has 0 radical (unpaired) electrons. The SMILES string of the molecule is Cc1nc2c3cc(C4CCN(CCCCCCCCCC(=O)N(C)Cc5scc6c5CN(C5CCC(=O)NC5=O)C6=O)CC4)c(=O)n(c3n1)CCCC/C=C/CN1CCC(CC1)C(F)(F)c1cccc(c1)[C@@H](C)N2. The van der Waals surface area contributed by atoms with E-state index in [2.05, 4.69) is 32.6 Å². The number of carbonyl (C=O) groups excluding carboxylic acids is 4. The Balaban J connectivity index is 0.741. The number of thiophene rings is 1. The standard InChI is InChI=1S/C57H75F2N9O5S/c1-38-41-17-16-18-43(33-41)57(58,59)42-24-31-66(32-25-42)27-14-10-7-11-15-28-67-53-45(52(60-38)61-39(2)62-53)34-44(55(67)72)40-22-29-65(30-23-40)26-13-9-6-4-5-8-12-19-51(70)64(3)36-49-46-35-68(56(73)47(46)37-74-49)48-20-21-50(69)63-54(48)71/h10,14,16-18,33-34,37-38,40,42,48H,4-9,11-13,15,19-32,35-36H2,1-3H3,(H,60,61,62)(H,63,69,71)/b14-10+/t38-,48?/m1/s1. The van der Waals surface area contributed by atoms with Gasteiger partial charge in [0.05, 0.1) is 17.5 Å². The summed E-state index contributed by atoms with van der Waals surface area (Å²) in [6.45, 7) is 10.1. The summed E-state index contributed by atoms with van der Waals surface area (Å²) >= 11 is 1.48. The fraction of sp³-hybridized carbons (Fsp3) is 0.596. The minimum Gasteiger partial charge on any atom is -0.363 e. The van der Waals surface area contributed by atoms with Crippen LogP contribution in [0.4, 0.5) is 14.6 Å². The largest absolute Gasteiger partial charge is 0.363 e. The molecule has 1 aromatic carbocycles. The Hall–Kier alpha value is -5.39. The number of alkyl halides is 2. The van der Waals surface area contributed by atoms with Gasteiger partial charge in [0.25, 0.3) is 17.4 Å². The molecule has 1 unspecified atom stereocenters. The monoisotopic (exact) mass is 1040 g/mol. The van der Waals surface area contributed by atoms with E-state index in [1.165, 1.54) is 11.3 Å². The first-order valence-electron chi connectivity index (χ1n) is 27.5. The van der Waals surface area contributed by atoms with Crippen molar-refractivity contribution in [3.8, 4) is 0 Å². The number of nitrogens with zero attached hydrogens (tertiary/aromatic N) is 7. The Morgan fingerprint density at radius 1 is 0.892 bits per heavy atom. The predicted molar refractivity (Wildman–Crippen MR) is 285 cm³/mol. The maximum Gasteiger partial charge on any atom is 0.276 e. The maximum absolute atomic E-state index is 16.1. The molecule has 3 aromatic heterocycles. The quantitative estimate of drug-likeness (QED) is 0.0710. The van der Waals surface area contributed by atoms with Crippen LogP contribution in [0, 0.1) is 12.8 Å². The summed E-state index contributed by atoms with van der Waals surface area (Å²) in [6, 6.07) is 7.90. The van der Waals surface area contributed by atoms with Gasteiger partial charge in [-0.15, -0.1) is 11.3 Å². The average molecular weight is 1040 g/mol. The number of aryl methyl sites for hydroxylation is 2. The van der Waals surface area contributed by atoms with E-state index < -0.39 is 23.8 Å². The van der Waals surface area contributed by atoms with Gasteiger partial charge in [0.2, 0.25) is 17.7 Å². The molecule has 0 aliphatic carbocycles. The molecule has 4 amide bonds. The summed E-state index contributed by atoms with van der Waals surface area (Å²) in [5.41, 5.74) is 3.74. The lowest BCUT2D eigenvalue weighted by Crippen LogP contribution is -2.52. The third-order valence-corrected chi connectivity index (χ3v) is 17.4. The van der Waals surface area contributed by atoms with Crippen LogP contribution in [0.25, 0.3) is 11.0 Å². The van der Waals surface area contributed by atoms with Gasteiger partial charge in [-0.3, -0.25) is 38.8 Å². The number of allylic oxidation sites excluding steroid dienone is 1. The summed E-state index contributed by atoms with van der Waals surface area (Å²) in [5.74, 6) is -3.21. The molecule has 10 rings (SSSR count). The van der Waals surface area contributed by atoms with Gasteiger partial charge in [0.15, 0.2) is 0 Å². The van der Waals surface area contributed by atoms with Gasteiger partial charge in [0, 0.05) is 72.9 Å². The van der Waals surface area contributed by atoms with Gasteiger partial charge in [-0.2, -0.15) is 0 Å². The molecule has 2 N–H and O–H groups in total. The van der Waals surface area contributed by atoms with Gasteiger partial charge in [0.1, 0.15) is 23.3 Å². The van der Waals surface area contributed by atoms with Crippen molar-refractivity contribution in [1.82, 2.24) is 39.5 Å². The summed E-state index contributed by atoms with van der Waals surface area (Å²) in [6.07, 6.45) is 18.2. The van der Waals surface area contributed by atoms with E-state index in [9.17, 15) is 24.0 Å². The molecule has 2 atom stereocenters. The molecule has 0 saturated carbocycles. The molecule has 4 aromatic rings. The summed E-state index contributed by atoms with van der Waals surface area (Å²) < 4.78 is 34.2. The number of anilines is 1. The number of amides is 4. The first-order chi connectivity index (χ1) is 35.7. The molecule has 3 fully saturated rings. The number of nitrogens with one attached hydrogen (secondary N) is 2. The highest BCUT2D eigenvalue weighted by molar-refractivity contribution is 7.10. The van der Waals surface area contributed by atoms with Crippen LogP contribution in [0.3, 0.4) is 0 Å². The van der Waals surface area contributed by atoms with Crippen molar-refractivity contribution >= 4 is 51.8 Å². The number of likely N-dealkylation sites (tertiary alicyclic amines) is 1. The molecular formula is C57H75F2N9O5S. The lowest BCUT2D eigenvalue weighted by Gasteiger charge is -2.35. The van der Waals surface area contributed by atoms with E-state index in [-0.39, 0.29) is 47.2 Å². The highest BCUT2D eigenvalue weighted by Gasteiger charge is 2.43. The molecule has 17 heteroatoms. The average Bonchev–Trinajstić information content (AvgIpc) is 3.95. The van der Waals surface area contributed by atoms with Crippen molar-refractivity contribution in [1.29, 1.82) is 0 Å². The smallest absolute Gasteiger partial charge is 0.276 e. The topological polar surface area (TPSA) is 153 Å². The number of halogens is 2. The number of pyridine rings is 1. The zero-order valence-corrected chi connectivity index (χ0v) is 44.5. The number of hydrogen-bond donors (Lipinski definition) is 2. The molecule has 6 aliphatic rings. The third-order valence-electron chi connectivity index (χ3n) is 16.4. The van der Waals surface area contributed by atoms with Crippen LogP contribution >= 0.6 is 11.3 Å². The Morgan fingerprint density at radius 2 is 1.65 bits per heavy atom. The normalized spacial score (nSPS) is 23.4. The Labute approximate surface area is 438 Å². The molecule has 398 valence electrons. The zero-order chi connectivity index (χ0) is 51.9. The van der Waals surface area contributed by atoms with E-state index >= 15 is 8.78 Å². The maximum atomic E-state index is 16.1. The van der Waals surface area contributed by atoms with Crippen molar-refractivity contribution in [2.45, 2.75) is 167 Å². The van der Waals surface area contributed by atoms with Gasteiger partial charge in [-0.1, -0.05) is 62.5 Å². The molecule has 74 heavy (non-hydrogen) atoms. The highest BCUT2D eigenvalue weighted by Crippen LogP contribution is 2.43. The molecule has 8 bridgehead atoms. The number of rotatable bonds is 14. The van der Waals surface area contributed by atoms with Crippen LogP contribution in [0.5, 0.6) is 0 Å². The third kappa shape index (κ3) is 12.3. The van der Waals surface area contributed by atoms with Gasteiger partial charge in [-0.25, -0.2) is 18.7 Å². The minimum absolute atomic E-state index is 0.0264. The number of unbranched alkanes of at least 4 members (excludes halogenated alkanes) is 6. The number of hydrogen-bond acceptors (Lipinski definition) is 11. The fourth-order valence-electron chi connectivity index (χ4n) is 11.9. The first-order valence-corrected chi connectivity index (χ1v) is 28.4. The summed E-state index contributed by atoms with van der Waals surface area (Å²) in [7, 11) is 1.81. The zero-order valence-electron chi connectivity index (χ0n) is 43.6. The van der Waals surface area contributed by atoms with E-state index in [0.29, 0.717) is 81.3 Å². The lowest BCUT2D eigenvalue weighted by atomic mass is 9.85. The second kappa shape index (κ2) is 24.1. The Bertz CT molecular complexity index is 2760. The van der Waals surface area contributed by atoms with Crippen LogP contribution in [-0.2, 0) is 39.9 Å². The van der Waals surface area contributed by atoms with Gasteiger partial charge in [-0.05, 0) is 140 Å². The lowest BCUT2D eigenvalue weighted by molar-refractivity contribution is -0.137. The number of benzene rings is 1. The van der Waals surface area contributed by atoms with E-state index in [0.717, 1.165) is 130 Å². The van der Waals surface area contributed by atoms with E-state index in [1.807, 2.05) is 43.0 Å². The van der Waals surface area contributed by atoms with E-state index in [1.54, 1.807) is 28.0 Å². The number of carbonyl (C=O) groups is 4. The van der Waals surface area contributed by atoms with Crippen molar-refractivity contribution in [3.05, 3.63) is 96.7 Å². The Morgan fingerprint density at radius 3 is 2.42 bits per heavy atom. The van der Waals surface area contributed by atoms with Crippen molar-refractivity contribution in [2.24, 2.45) is 5.92 Å². The summed E-state index contributed by atoms with van der Waals surface area (Å²) in [5, 5.41) is 8.54. The number of imide groups is 1. The van der Waals surface area contributed by atoms with Gasteiger partial charge < -0.3 is 20.0 Å². The molecule has 14 nitrogen and oxygen atoms in total. The van der Waals surface area contributed by atoms with Crippen LogP contribution in [-0.4, -0.2) is 110 Å². The number of aromatic nitrogens is 3.